The lowest BCUT2D eigenvalue weighted by molar-refractivity contribution is 0.136. The molecule has 1 fully saturated rings. The Morgan fingerprint density at radius 3 is 2.63 bits per heavy atom. The van der Waals surface area contributed by atoms with Gasteiger partial charge in [0.2, 0.25) is 5.95 Å². The van der Waals surface area contributed by atoms with Crippen molar-refractivity contribution < 1.29 is 14.3 Å². The molecule has 1 atom stereocenters. The molecule has 0 radical (unpaired) electrons. The second kappa shape index (κ2) is 10.7. The third-order valence-electron chi connectivity index (χ3n) is 7.17. The minimum absolute atomic E-state index is 0.0414. The largest absolute Gasteiger partial charge is 0.493 e. The van der Waals surface area contributed by atoms with Gasteiger partial charge < -0.3 is 19.7 Å². The molecule has 1 unspecified atom stereocenters. The van der Waals surface area contributed by atoms with Crippen LogP contribution in [0.3, 0.4) is 0 Å². The van der Waals surface area contributed by atoms with Crippen LogP contribution in [0, 0.1) is 20.8 Å². The molecule has 0 spiro atoms. The fourth-order valence-corrected chi connectivity index (χ4v) is 5.52. The molecule has 2 aromatic carbocycles. The number of aliphatic imine (C=N–C) groups is 1. The average molecular weight is 518 g/mol. The normalized spacial score (nSPS) is 17.9. The van der Waals surface area contributed by atoms with Gasteiger partial charge in [0.25, 0.3) is 0 Å². The van der Waals surface area contributed by atoms with Gasteiger partial charge in [-0.15, -0.1) is 0 Å². The number of hydrogen-bond acceptors (Lipinski definition) is 7. The zero-order valence-electron chi connectivity index (χ0n) is 22.7. The first kappa shape index (κ1) is 25.6. The van der Waals surface area contributed by atoms with Crippen LogP contribution in [-0.4, -0.2) is 70.2 Å². The summed E-state index contributed by atoms with van der Waals surface area (Å²) < 4.78 is 11.5. The first-order chi connectivity index (χ1) is 18.4. The zero-order valence-corrected chi connectivity index (χ0v) is 22.7. The second-order valence-electron chi connectivity index (χ2n) is 9.77. The summed E-state index contributed by atoms with van der Waals surface area (Å²) in [5.74, 6) is 2.75. The number of anilines is 1. The molecule has 200 valence electrons. The van der Waals surface area contributed by atoms with Crippen molar-refractivity contribution in [2.75, 3.05) is 38.7 Å². The summed E-state index contributed by atoms with van der Waals surface area (Å²) in [5.41, 5.74) is 6.58. The number of nitrogens with one attached hydrogen (secondary N) is 2. The Balaban J connectivity index is 1.52. The molecule has 38 heavy (non-hydrogen) atoms. The molecule has 1 saturated heterocycles. The minimum Gasteiger partial charge on any atom is -0.493 e. The number of carbonyl (C=O) groups is 1. The maximum absolute atomic E-state index is 14.0. The highest BCUT2D eigenvalue weighted by Gasteiger charge is 2.41. The van der Waals surface area contributed by atoms with E-state index in [9.17, 15) is 4.79 Å². The van der Waals surface area contributed by atoms with Gasteiger partial charge in [0.05, 0.1) is 25.4 Å². The first-order valence-corrected chi connectivity index (χ1v) is 13.1. The van der Waals surface area contributed by atoms with Gasteiger partial charge in [0.15, 0.2) is 11.5 Å². The summed E-state index contributed by atoms with van der Waals surface area (Å²) in [6.07, 6.45) is 2.81. The van der Waals surface area contributed by atoms with Crippen molar-refractivity contribution in [2.24, 2.45) is 4.99 Å². The molecular formula is C28H35N7O3. The number of nitrogens with zero attached hydrogens (tertiary/aromatic N) is 5. The van der Waals surface area contributed by atoms with Gasteiger partial charge in [0.1, 0.15) is 12.2 Å². The number of aryl methyl sites for hydroxylation is 3. The lowest BCUT2D eigenvalue weighted by Gasteiger charge is -2.45. The molecule has 2 amide bonds. The van der Waals surface area contributed by atoms with Crippen LogP contribution in [0.25, 0.3) is 0 Å². The van der Waals surface area contributed by atoms with Crippen LogP contribution in [0.5, 0.6) is 11.5 Å². The average Bonchev–Trinajstić information content (AvgIpc) is 3.41. The van der Waals surface area contributed by atoms with E-state index in [4.69, 9.17) is 14.5 Å². The van der Waals surface area contributed by atoms with Crippen molar-refractivity contribution in [3.63, 3.8) is 0 Å². The second-order valence-corrected chi connectivity index (χ2v) is 9.77. The van der Waals surface area contributed by atoms with E-state index >= 15 is 0 Å². The van der Waals surface area contributed by atoms with Crippen LogP contribution in [0.2, 0.25) is 0 Å². The van der Waals surface area contributed by atoms with E-state index in [2.05, 4.69) is 59.5 Å². The molecule has 2 N–H and O–H groups in total. The molecule has 0 aliphatic carbocycles. The third kappa shape index (κ3) is 4.90. The fourth-order valence-electron chi connectivity index (χ4n) is 5.52. The Bertz CT molecular complexity index is 1330. The minimum atomic E-state index is -0.126. The predicted octanol–water partition coefficient (Wildman–Crippen LogP) is 4.70. The number of amidine groups is 1. The van der Waals surface area contributed by atoms with Crippen LogP contribution in [-0.2, 0) is 6.42 Å². The number of methoxy groups -OCH3 is 1. The molecule has 0 bridgehead atoms. The van der Waals surface area contributed by atoms with E-state index in [0.717, 1.165) is 40.4 Å². The number of benzene rings is 2. The van der Waals surface area contributed by atoms with Crippen molar-refractivity contribution in [3.05, 3.63) is 58.4 Å². The molecule has 1 aromatic heterocycles. The van der Waals surface area contributed by atoms with Crippen LogP contribution >= 0.6 is 0 Å². The molecule has 5 rings (SSSR count). The van der Waals surface area contributed by atoms with Crippen LogP contribution in [0.15, 0.2) is 35.6 Å². The zero-order chi connectivity index (χ0) is 26.8. The van der Waals surface area contributed by atoms with Gasteiger partial charge >= 0.3 is 6.03 Å². The van der Waals surface area contributed by atoms with Crippen molar-refractivity contribution in [3.8, 4) is 11.5 Å². The Morgan fingerprint density at radius 2 is 1.95 bits per heavy atom. The van der Waals surface area contributed by atoms with Gasteiger partial charge in [-0.2, -0.15) is 5.10 Å². The van der Waals surface area contributed by atoms with Gasteiger partial charge in [-0.3, -0.25) is 4.90 Å². The van der Waals surface area contributed by atoms with Gasteiger partial charge in [-0.25, -0.2) is 19.9 Å². The monoisotopic (exact) mass is 517 g/mol. The van der Waals surface area contributed by atoms with E-state index in [0.29, 0.717) is 44.4 Å². The van der Waals surface area contributed by atoms with Crippen LogP contribution in [0.1, 0.15) is 47.2 Å². The van der Waals surface area contributed by atoms with E-state index in [1.807, 2.05) is 17.9 Å². The molecule has 2 aliphatic rings. The highest BCUT2D eigenvalue weighted by Crippen LogP contribution is 2.42. The maximum atomic E-state index is 14.0. The Labute approximate surface area is 223 Å². The number of ether oxygens (including phenoxy) is 2. The molecular weight excluding hydrogens is 482 g/mol. The number of urea groups is 1. The summed E-state index contributed by atoms with van der Waals surface area (Å²) in [7, 11) is 1.65. The number of fused-ring (bicyclic) bond motifs is 3. The third-order valence-corrected chi connectivity index (χ3v) is 7.17. The summed E-state index contributed by atoms with van der Waals surface area (Å²) in [6, 6.07) is 8.20. The number of rotatable bonds is 8. The SMILES string of the molecule is CCOc1cc2c(cc1OC)C1CC(=Nc3c(C)cc(C)cc3C)N(CCNc3ncn[nH]3)C(=O)N1CC2. The Kier molecular flexibility index (Phi) is 7.22. The highest BCUT2D eigenvalue weighted by atomic mass is 16.5. The number of aromatic nitrogens is 3. The molecule has 3 aromatic rings. The molecule has 0 saturated carbocycles. The van der Waals surface area contributed by atoms with E-state index in [-0.39, 0.29) is 12.1 Å². The summed E-state index contributed by atoms with van der Waals surface area (Å²) in [6.45, 7) is 10.3. The highest BCUT2D eigenvalue weighted by molar-refractivity contribution is 6.02. The Morgan fingerprint density at radius 1 is 1.16 bits per heavy atom. The number of hydrogen-bond donors (Lipinski definition) is 2. The van der Waals surface area contributed by atoms with E-state index < -0.39 is 0 Å². The van der Waals surface area contributed by atoms with Crippen molar-refractivity contribution in [1.82, 2.24) is 25.0 Å². The molecule has 2 aliphatic heterocycles. The number of aromatic amines is 1. The van der Waals surface area contributed by atoms with Crippen LogP contribution in [0.4, 0.5) is 16.4 Å². The Hall–Kier alpha value is -4.08. The quantitative estimate of drug-likeness (QED) is 0.448. The van der Waals surface area contributed by atoms with Gasteiger partial charge in [-0.1, -0.05) is 17.7 Å². The van der Waals surface area contributed by atoms with E-state index in [1.54, 1.807) is 12.0 Å². The van der Waals surface area contributed by atoms with Gasteiger partial charge in [0, 0.05) is 26.1 Å². The fraction of sp³-hybridized carbons (Fsp3) is 0.429. The predicted molar refractivity (Wildman–Crippen MR) is 147 cm³/mol. The number of carbonyl (C=O) groups excluding carboxylic acids is 1. The van der Waals surface area contributed by atoms with E-state index in [1.165, 1.54) is 17.5 Å². The first-order valence-electron chi connectivity index (χ1n) is 13.1. The summed E-state index contributed by atoms with van der Waals surface area (Å²) in [4.78, 5) is 27.0. The molecule has 3 heterocycles. The lowest BCUT2D eigenvalue weighted by Crippen LogP contribution is -2.56. The van der Waals surface area contributed by atoms with Crippen molar-refractivity contribution in [1.29, 1.82) is 0 Å². The topological polar surface area (TPSA) is 108 Å². The molecule has 10 heteroatoms. The molecule has 10 nitrogen and oxygen atoms in total. The summed E-state index contributed by atoms with van der Waals surface area (Å²) in [5, 5.41) is 9.88. The van der Waals surface area contributed by atoms with Gasteiger partial charge in [-0.05, 0) is 68.5 Å². The number of H-pyrrole nitrogens is 1. The standard InChI is InChI=1S/C28H35N7O3/c1-6-38-24-13-20-7-9-34-22(21(20)14-23(24)37-5)15-25(32-26-18(3)11-17(2)12-19(26)4)35(28(34)36)10-8-29-27-30-16-31-33-27/h11-14,16,22H,6-10,15H2,1-5H3,(H2,29,30,31,33). The van der Waals surface area contributed by atoms with Crippen molar-refractivity contribution in [2.45, 2.75) is 46.6 Å². The lowest BCUT2D eigenvalue weighted by atomic mass is 9.88. The smallest absolute Gasteiger partial charge is 0.326 e. The van der Waals surface area contributed by atoms with Crippen LogP contribution < -0.4 is 14.8 Å². The summed E-state index contributed by atoms with van der Waals surface area (Å²) >= 11 is 0. The maximum Gasteiger partial charge on any atom is 0.326 e. The van der Waals surface area contributed by atoms with Crippen molar-refractivity contribution >= 4 is 23.5 Å². The number of amides is 2.